The fourth-order valence-electron chi connectivity index (χ4n) is 3.37. The maximum atomic E-state index is 14.7. The third-order valence-corrected chi connectivity index (χ3v) is 6.16. The smallest absolute Gasteiger partial charge is 0.137 e. The summed E-state index contributed by atoms with van der Waals surface area (Å²) in [6.45, 7) is 1.85. The first-order chi connectivity index (χ1) is 14.5. The molecule has 0 spiro atoms. The van der Waals surface area contributed by atoms with Gasteiger partial charge in [-0.2, -0.15) is 10.4 Å². The maximum Gasteiger partial charge on any atom is 0.137 e. The van der Waals surface area contributed by atoms with Crippen LogP contribution in [0.4, 0.5) is 4.39 Å². The third-order valence-electron chi connectivity index (χ3n) is 5.13. The Morgan fingerprint density at radius 1 is 1.23 bits per heavy atom. The maximum absolute atomic E-state index is 14.7. The second-order valence-corrected chi connectivity index (χ2v) is 7.87. The number of aliphatic hydroxyl groups is 1. The molecule has 2 aromatic carbocycles. The highest BCUT2D eigenvalue weighted by molar-refractivity contribution is 7.10. The van der Waals surface area contributed by atoms with Crippen LogP contribution in [-0.4, -0.2) is 24.9 Å². The molecule has 2 heterocycles. The zero-order chi connectivity index (χ0) is 21.1. The average Bonchev–Trinajstić information content (AvgIpc) is 3.46. The lowest BCUT2D eigenvalue weighted by Gasteiger charge is -2.33. The summed E-state index contributed by atoms with van der Waals surface area (Å²) < 4.78 is 16.2. The Morgan fingerprint density at radius 2 is 2.00 bits per heavy atom. The van der Waals surface area contributed by atoms with Gasteiger partial charge in [-0.3, -0.25) is 0 Å². The second kappa shape index (κ2) is 8.14. The van der Waals surface area contributed by atoms with Crippen molar-refractivity contribution in [2.45, 2.75) is 25.0 Å². The number of hydrogen-bond donors (Lipinski definition) is 1. The van der Waals surface area contributed by atoms with Crippen molar-refractivity contribution < 1.29 is 9.50 Å². The highest BCUT2D eigenvalue weighted by atomic mass is 32.1. The molecule has 0 saturated carbocycles. The number of nitrogens with zero attached hydrogens (tertiary/aromatic N) is 5. The van der Waals surface area contributed by atoms with Crippen molar-refractivity contribution in [3.05, 3.63) is 88.5 Å². The number of thiazole rings is 1. The van der Waals surface area contributed by atoms with Crippen molar-refractivity contribution in [3.63, 3.8) is 0 Å². The van der Waals surface area contributed by atoms with Gasteiger partial charge in [-0.25, -0.2) is 19.0 Å². The SMILES string of the molecule is C[C@@H](c1nc(-c2ccc(C#N)cc2)cs1)[C@](O)(Cn1cncn1)c1ccccc1F. The molecule has 0 unspecified atom stereocenters. The molecule has 0 fully saturated rings. The summed E-state index contributed by atoms with van der Waals surface area (Å²) in [5, 5.41) is 27.3. The highest BCUT2D eigenvalue weighted by Crippen LogP contribution is 2.41. The Kier molecular flexibility index (Phi) is 5.40. The first-order valence-corrected chi connectivity index (χ1v) is 10.1. The number of nitriles is 1. The Bertz CT molecular complexity index is 1180. The van der Waals surface area contributed by atoms with E-state index in [1.165, 1.54) is 34.7 Å². The van der Waals surface area contributed by atoms with E-state index in [-0.39, 0.29) is 12.1 Å². The molecule has 2 atom stereocenters. The van der Waals surface area contributed by atoms with Crippen LogP contribution in [-0.2, 0) is 12.1 Å². The topological polar surface area (TPSA) is 87.6 Å². The Balaban J connectivity index is 1.72. The van der Waals surface area contributed by atoms with E-state index in [9.17, 15) is 9.50 Å². The minimum Gasteiger partial charge on any atom is -0.382 e. The average molecular weight is 419 g/mol. The molecule has 0 aliphatic rings. The first-order valence-electron chi connectivity index (χ1n) is 9.27. The monoisotopic (exact) mass is 419 g/mol. The van der Waals surface area contributed by atoms with Crippen molar-refractivity contribution in [2.24, 2.45) is 0 Å². The van der Waals surface area contributed by atoms with Gasteiger partial charge in [-0.15, -0.1) is 11.3 Å². The molecular weight excluding hydrogens is 401 g/mol. The van der Waals surface area contributed by atoms with E-state index in [1.54, 1.807) is 30.3 Å². The van der Waals surface area contributed by atoms with Crippen molar-refractivity contribution in [3.8, 4) is 17.3 Å². The fourth-order valence-corrected chi connectivity index (χ4v) is 4.34. The van der Waals surface area contributed by atoms with Gasteiger partial charge in [0.1, 0.15) is 24.1 Å². The summed E-state index contributed by atoms with van der Waals surface area (Å²) >= 11 is 1.40. The first kappa shape index (κ1) is 19.9. The molecule has 0 radical (unpaired) electrons. The van der Waals surface area contributed by atoms with Crippen LogP contribution in [0.15, 0.2) is 66.6 Å². The van der Waals surface area contributed by atoms with Gasteiger partial charge in [-0.05, 0) is 18.2 Å². The molecule has 6 nitrogen and oxygen atoms in total. The van der Waals surface area contributed by atoms with Crippen LogP contribution in [0.25, 0.3) is 11.3 Å². The highest BCUT2D eigenvalue weighted by Gasteiger charge is 2.41. The summed E-state index contributed by atoms with van der Waals surface area (Å²) in [5.74, 6) is -1.01. The van der Waals surface area contributed by atoms with Crippen molar-refractivity contribution in [1.82, 2.24) is 19.7 Å². The van der Waals surface area contributed by atoms with Crippen LogP contribution < -0.4 is 0 Å². The summed E-state index contributed by atoms with van der Waals surface area (Å²) in [7, 11) is 0. The normalized spacial score (nSPS) is 14.1. The molecule has 4 aromatic rings. The largest absolute Gasteiger partial charge is 0.382 e. The quantitative estimate of drug-likeness (QED) is 0.508. The number of benzene rings is 2. The van der Waals surface area contributed by atoms with Gasteiger partial charge >= 0.3 is 0 Å². The molecule has 2 aromatic heterocycles. The van der Waals surface area contributed by atoms with Crippen LogP contribution >= 0.6 is 11.3 Å². The Hall–Kier alpha value is -3.41. The molecular formula is C22H18FN5OS. The Labute approximate surface area is 176 Å². The molecule has 0 aliphatic heterocycles. The van der Waals surface area contributed by atoms with Crippen molar-refractivity contribution >= 4 is 11.3 Å². The Morgan fingerprint density at radius 3 is 2.67 bits per heavy atom. The lowest BCUT2D eigenvalue weighted by molar-refractivity contribution is -0.0111. The van der Waals surface area contributed by atoms with Gasteiger partial charge in [0.2, 0.25) is 0 Å². The molecule has 0 amide bonds. The van der Waals surface area contributed by atoms with Crippen molar-refractivity contribution in [1.29, 1.82) is 5.26 Å². The predicted molar refractivity (Wildman–Crippen MR) is 111 cm³/mol. The third kappa shape index (κ3) is 3.73. The van der Waals surface area contributed by atoms with Crippen LogP contribution in [0.3, 0.4) is 0 Å². The molecule has 30 heavy (non-hydrogen) atoms. The van der Waals surface area contributed by atoms with Gasteiger partial charge in [0, 0.05) is 22.4 Å². The van der Waals surface area contributed by atoms with Crippen LogP contribution in [0.2, 0.25) is 0 Å². The number of rotatable bonds is 6. The van der Waals surface area contributed by atoms with Gasteiger partial charge in [0.05, 0.1) is 28.9 Å². The number of halogens is 1. The lowest BCUT2D eigenvalue weighted by Crippen LogP contribution is -2.38. The van der Waals surface area contributed by atoms with Gasteiger partial charge in [0.15, 0.2) is 0 Å². The molecule has 1 N–H and O–H groups in total. The van der Waals surface area contributed by atoms with Gasteiger partial charge in [-0.1, -0.05) is 37.3 Å². The number of aromatic nitrogens is 4. The van der Waals surface area contributed by atoms with E-state index in [1.807, 2.05) is 24.4 Å². The second-order valence-electron chi connectivity index (χ2n) is 6.98. The molecule has 4 rings (SSSR count). The summed E-state index contributed by atoms with van der Waals surface area (Å²) in [6, 6.07) is 15.4. The minimum absolute atomic E-state index is 0.0287. The summed E-state index contributed by atoms with van der Waals surface area (Å²) in [5.41, 5.74) is 0.781. The molecule has 0 aliphatic carbocycles. The molecule has 0 saturated heterocycles. The van der Waals surface area contributed by atoms with Gasteiger partial charge in [0.25, 0.3) is 0 Å². The standard InChI is InChI=1S/C22H18FN5OS/c1-15(21-27-20(11-30-21)17-8-6-16(10-24)7-9-17)22(29,12-28-14-25-13-26-28)18-4-2-3-5-19(18)23/h2-9,11,13-15,29H,12H2,1H3/t15-,22+/m0/s1. The van der Waals surface area contributed by atoms with E-state index in [0.717, 1.165) is 11.3 Å². The minimum atomic E-state index is -1.58. The summed E-state index contributed by atoms with van der Waals surface area (Å²) in [6.07, 6.45) is 2.86. The van der Waals surface area contributed by atoms with E-state index in [2.05, 4.69) is 16.2 Å². The van der Waals surface area contributed by atoms with E-state index in [4.69, 9.17) is 10.2 Å². The molecule has 8 heteroatoms. The van der Waals surface area contributed by atoms with Gasteiger partial charge < -0.3 is 5.11 Å². The zero-order valence-corrected chi connectivity index (χ0v) is 16.9. The predicted octanol–water partition coefficient (Wildman–Crippen LogP) is 4.10. The number of hydrogen-bond acceptors (Lipinski definition) is 6. The van der Waals surface area contributed by atoms with Crippen molar-refractivity contribution in [2.75, 3.05) is 0 Å². The molecule has 0 bridgehead atoms. The van der Waals surface area contributed by atoms with E-state index >= 15 is 0 Å². The van der Waals surface area contributed by atoms with Crippen LogP contribution in [0, 0.1) is 17.1 Å². The van der Waals surface area contributed by atoms with E-state index < -0.39 is 17.3 Å². The molecule has 150 valence electrons. The van der Waals surface area contributed by atoms with E-state index in [0.29, 0.717) is 10.6 Å². The fraction of sp³-hybridized carbons (Fsp3) is 0.182. The zero-order valence-electron chi connectivity index (χ0n) is 16.1. The summed E-state index contributed by atoms with van der Waals surface area (Å²) in [4.78, 5) is 8.62. The van der Waals surface area contributed by atoms with Crippen LogP contribution in [0.1, 0.15) is 29.0 Å². The lowest BCUT2D eigenvalue weighted by atomic mass is 9.82. The van der Waals surface area contributed by atoms with Crippen LogP contribution in [0.5, 0.6) is 0 Å².